The highest BCUT2D eigenvalue weighted by molar-refractivity contribution is 5.68. The van der Waals surface area contributed by atoms with Crippen molar-refractivity contribution in [3.8, 4) is 0 Å². The zero-order valence-corrected chi connectivity index (χ0v) is 10.9. The lowest BCUT2D eigenvalue weighted by Crippen LogP contribution is -2.39. The van der Waals surface area contributed by atoms with Gasteiger partial charge in [-0.25, -0.2) is 4.79 Å². The quantitative estimate of drug-likeness (QED) is 0.821. The van der Waals surface area contributed by atoms with E-state index < -0.39 is 5.60 Å². The van der Waals surface area contributed by atoms with E-state index in [0.29, 0.717) is 25.2 Å². The fourth-order valence-corrected chi connectivity index (χ4v) is 1.87. The fourth-order valence-electron chi connectivity index (χ4n) is 1.87. The Hall–Kier alpha value is -1.56. The van der Waals surface area contributed by atoms with Gasteiger partial charge in [-0.3, -0.25) is 0 Å². The highest BCUT2D eigenvalue weighted by Gasteiger charge is 2.29. The number of amides is 1. The molecule has 1 aliphatic rings. The van der Waals surface area contributed by atoms with E-state index in [1.54, 1.807) is 4.90 Å². The normalized spacial score (nSPS) is 15.4. The monoisotopic (exact) mass is 254 g/mol. The summed E-state index contributed by atoms with van der Waals surface area (Å²) in [6.45, 7) is 6.24. The van der Waals surface area contributed by atoms with E-state index in [2.05, 4.69) is 5.16 Å². The number of carbonyl (C=O) groups is 1. The van der Waals surface area contributed by atoms with Gasteiger partial charge in [0.05, 0.1) is 13.2 Å². The first-order valence-corrected chi connectivity index (χ1v) is 5.96. The maximum absolute atomic E-state index is 11.9. The van der Waals surface area contributed by atoms with Crippen molar-refractivity contribution in [2.24, 2.45) is 0 Å². The number of ether oxygens (including phenoxy) is 1. The minimum absolute atomic E-state index is 0.180. The molecule has 2 heterocycles. The average Bonchev–Trinajstić information content (AvgIpc) is 2.68. The Balaban J connectivity index is 2.09. The number of aromatic nitrogens is 1. The standard InChI is InChI=1S/C12H18N2O4/c1-12(2,3)17-11(16)14-5-4-10-8(6-14)9(7-15)13-18-10/h15H,4-7H2,1-3H3. The number of hydrogen-bond acceptors (Lipinski definition) is 5. The molecule has 18 heavy (non-hydrogen) atoms. The molecule has 0 unspecified atom stereocenters. The van der Waals surface area contributed by atoms with Gasteiger partial charge in [-0.2, -0.15) is 0 Å². The van der Waals surface area contributed by atoms with Crippen LogP contribution in [-0.2, 0) is 24.3 Å². The third-order valence-electron chi connectivity index (χ3n) is 2.71. The molecule has 1 aromatic rings. The molecule has 0 radical (unpaired) electrons. The molecule has 100 valence electrons. The Morgan fingerprint density at radius 3 is 2.89 bits per heavy atom. The molecular weight excluding hydrogens is 236 g/mol. The summed E-state index contributed by atoms with van der Waals surface area (Å²) in [5, 5.41) is 12.9. The summed E-state index contributed by atoms with van der Waals surface area (Å²) in [4.78, 5) is 13.5. The molecule has 2 rings (SSSR count). The molecular formula is C12H18N2O4. The lowest BCUT2D eigenvalue weighted by atomic mass is 10.1. The highest BCUT2D eigenvalue weighted by Crippen LogP contribution is 2.23. The van der Waals surface area contributed by atoms with Gasteiger partial charge in [0.1, 0.15) is 17.1 Å². The van der Waals surface area contributed by atoms with E-state index in [4.69, 9.17) is 14.4 Å². The van der Waals surface area contributed by atoms with Gasteiger partial charge in [0.15, 0.2) is 0 Å². The second-order valence-corrected chi connectivity index (χ2v) is 5.34. The van der Waals surface area contributed by atoms with Crippen LogP contribution in [0.5, 0.6) is 0 Å². The molecule has 1 amide bonds. The third kappa shape index (κ3) is 2.64. The van der Waals surface area contributed by atoms with Gasteiger partial charge >= 0.3 is 6.09 Å². The first-order valence-electron chi connectivity index (χ1n) is 5.96. The van der Waals surface area contributed by atoms with Crippen LogP contribution in [0.15, 0.2) is 4.52 Å². The van der Waals surface area contributed by atoms with Crippen LogP contribution in [0.4, 0.5) is 4.79 Å². The Labute approximate surface area is 106 Å². The topological polar surface area (TPSA) is 75.8 Å². The van der Waals surface area contributed by atoms with Crippen LogP contribution in [0.2, 0.25) is 0 Å². The van der Waals surface area contributed by atoms with Crippen LogP contribution in [0.25, 0.3) is 0 Å². The zero-order valence-electron chi connectivity index (χ0n) is 10.9. The van der Waals surface area contributed by atoms with Crippen molar-refractivity contribution < 1.29 is 19.2 Å². The first kappa shape index (κ1) is 12.9. The second kappa shape index (κ2) is 4.61. The summed E-state index contributed by atoms with van der Waals surface area (Å²) >= 11 is 0. The van der Waals surface area contributed by atoms with Crippen LogP contribution in [-0.4, -0.2) is 33.4 Å². The van der Waals surface area contributed by atoms with Crippen LogP contribution in [0, 0.1) is 0 Å². The van der Waals surface area contributed by atoms with Crippen molar-refractivity contribution >= 4 is 6.09 Å². The van der Waals surface area contributed by atoms with E-state index in [0.717, 1.165) is 11.3 Å². The Kier molecular flexibility index (Phi) is 3.30. The minimum Gasteiger partial charge on any atom is -0.444 e. The predicted molar refractivity (Wildman–Crippen MR) is 62.8 cm³/mol. The van der Waals surface area contributed by atoms with Crippen LogP contribution < -0.4 is 0 Å². The lowest BCUT2D eigenvalue weighted by Gasteiger charge is -2.29. The smallest absolute Gasteiger partial charge is 0.410 e. The molecule has 0 saturated heterocycles. The maximum Gasteiger partial charge on any atom is 0.410 e. The molecule has 0 fully saturated rings. The fraction of sp³-hybridized carbons (Fsp3) is 0.667. The van der Waals surface area contributed by atoms with E-state index in [9.17, 15) is 4.79 Å². The molecule has 6 heteroatoms. The second-order valence-electron chi connectivity index (χ2n) is 5.34. The summed E-state index contributed by atoms with van der Waals surface area (Å²) in [7, 11) is 0. The molecule has 0 spiro atoms. The number of rotatable bonds is 1. The molecule has 1 N–H and O–H groups in total. The van der Waals surface area contributed by atoms with Crippen molar-refractivity contribution in [2.45, 2.75) is 45.9 Å². The van der Waals surface area contributed by atoms with Gasteiger partial charge in [0.2, 0.25) is 0 Å². The van der Waals surface area contributed by atoms with Gasteiger partial charge in [-0.15, -0.1) is 0 Å². The van der Waals surface area contributed by atoms with Crippen molar-refractivity contribution in [1.29, 1.82) is 0 Å². The van der Waals surface area contributed by atoms with E-state index in [-0.39, 0.29) is 12.7 Å². The van der Waals surface area contributed by atoms with Crippen molar-refractivity contribution in [1.82, 2.24) is 10.1 Å². The lowest BCUT2D eigenvalue weighted by molar-refractivity contribution is 0.0218. The maximum atomic E-state index is 11.9. The molecule has 0 aliphatic carbocycles. The van der Waals surface area contributed by atoms with Crippen LogP contribution in [0.3, 0.4) is 0 Å². The van der Waals surface area contributed by atoms with Gasteiger partial charge in [0.25, 0.3) is 0 Å². The van der Waals surface area contributed by atoms with Crippen molar-refractivity contribution in [2.75, 3.05) is 6.54 Å². The molecule has 6 nitrogen and oxygen atoms in total. The molecule has 0 bridgehead atoms. The molecule has 0 aromatic carbocycles. The summed E-state index contributed by atoms with van der Waals surface area (Å²) in [5.41, 5.74) is 0.791. The third-order valence-corrected chi connectivity index (χ3v) is 2.71. The summed E-state index contributed by atoms with van der Waals surface area (Å²) < 4.78 is 10.4. The summed E-state index contributed by atoms with van der Waals surface area (Å²) in [6.07, 6.45) is 0.250. The van der Waals surface area contributed by atoms with Crippen molar-refractivity contribution in [3.63, 3.8) is 0 Å². The van der Waals surface area contributed by atoms with Gasteiger partial charge in [-0.05, 0) is 20.8 Å². The van der Waals surface area contributed by atoms with E-state index in [1.165, 1.54) is 0 Å². The summed E-state index contributed by atoms with van der Waals surface area (Å²) in [6, 6.07) is 0. The molecule has 0 saturated carbocycles. The van der Waals surface area contributed by atoms with Crippen LogP contribution in [0.1, 0.15) is 37.8 Å². The van der Waals surface area contributed by atoms with Crippen molar-refractivity contribution in [3.05, 3.63) is 17.0 Å². The number of aliphatic hydroxyl groups is 1. The molecule has 0 atom stereocenters. The van der Waals surface area contributed by atoms with Gasteiger partial charge < -0.3 is 19.3 Å². The number of nitrogens with zero attached hydrogens (tertiary/aromatic N) is 2. The highest BCUT2D eigenvalue weighted by atomic mass is 16.6. The Morgan fingerprint density at radius 1 is 1.56 bits per heavy atom. The average molecular weight is 254 g/mol. The zero-order chi connectivity index (χ0) is 13.3. The number of hydrogen-bond donors (Lipinski definition) is 1. The first-order chi connectivity index (χ1) is 8.40. The SMILES string of the molecule is CC(C)(C)OC(=O)N1CCc2onc(CO)c2C1. The van der Waals surface area contributed by atoms with E-state index in [1.807, 2.05) is 20.8 Å². The number of aliphatic hydroxyl groups excluding tert-OH is 1. The number of fused-ring (bicyclic) bond motifs is 1. The van der Waals surface area contributed by atoms with Gasteiger partial charge in [-0.1, -0.05) is 5.16 Å². The molecule has 1 aromatic heterocycles. The van der Waals surface area contributed by atoms with E-state index >= 15 is 0 Å². The predicted octanol–water partition coefficient (Wildman–Crippen LogP) is 1.46. The summed E-state index contributed by atoms with van der Waals surface area (Å²) in [5.74, 6) is 0.749. The molecule has 1 aliphatic heterocycles. The van der Waals surface area contributed by atoms with Crippen LogP contribution >= 0.6 is 0 Å². The van der Waals surface area contributed by atoms with Gasteiger partial charge in [0, 0.05) is 18.5 Å². The Bertz CT molecular complexity index is 434. The minimum atomic E-state index is -0.508. The number of carbonyl (C=O) groups excluding carboxylic acids is 1. The Morgan fingerprint density at radius 2 is 2.28 bits per heavy atom. The largest absolute Gasteiger partial charge is 0.444 e.